The first-order valence-electron chi connectivity index (χ1n) is 6.18. The highest BCUT2D eigenvalue weighted by molar-refractivity contribution is 5.69. The summed E-state index contributed by atoms with van der Waals surface area (Å²) in [6.45, 7) is 2.39. The van der Waals surface area contributed by atoms with Gasteiger partial charge in [-0.15, -0.1) is 0 Å². The summed E-state index contributed by atoms with van der Waals surface area (Å²) in [6.07, 6.45) is 0.315. The van der Waals surface area contributed by atoms with Gasteiger partial charge in [0.25, 0.3) is 0 Å². The second-order valence-corrected chi connectivity index (χ2v) is 4.23. The maximum Gasteiger partial charge on any atom is 0.306 e. The van der Waals surface area contributed by atoms with Gasteiger partial charge in [-0.05, 0) is 17.7 Å². The molecule has 0 radical (unpaired) electrons. The lowest BCUT2D eigenvalue weighted by Crippen LogP contribution is -2.29. The minimum atomic E-state index is -0.253. The largest absolute Gasteiger partial charge is 0.469 e. The van der Waals surface area contributed by atoms with Crippen molar-refractivity contribution in [3.63, 3.8) is 0 Å². The highest BCUT2D eigenvalue weighted by Gasteiger charge is 2.09. The summed E-state index contributed by atoms with van der Waals surface area (Å²) in [4.78, 5) is 13.2. The first-order valence-corrected chi connectivity index (χ1v) is 6.18. The molecule has 1 aromatic carbocycles. The molecule has 1 rings (SSSR count). The summed E-state index contributed by atoms with van der Waals surface area (Å²) < 4.78 is 22.8. The van der Waals surface area contributed by atoms with E-state index in [2.05, 4.69) is 4.74 Å². The number of nitrogens with zero attached hydrogens (tertiary/aromatic N) is 1. The van der Waals surface area contributed by atoms with Crippen molar-refractivity contribution in [3.8, 4) is 0 Å². The highest BCUT2D eigenvalue weighted by atomic mass is 19.1. The Bertz CT molecular complexity index is 398. The average molecular weight is 269 g/mol. The van der Waals surface area contributed by atoms with E-state index in [1.807, 2.05) is 11.0 Å². The average Bonchev–Trinajstić information content (AvgIpc) is 2.41. The van der Waals surface area contributed by atoms with E-state index in [0.29, 0.717) is 32.7 Å². The van der Waals surface area contributed by atoms with E-state index in [4.69, 9.17) is 4.74 Å². The van der Waals surface area contributed by atoms with Crippen LogP contribution in [0.4, 0.5) is 4.39 Å². The first-order chi connectivity index (χ1) is 9.15. The Labute approximate surface area is 113 Å². The van der Waals surface area contributed by atoms with Crippen molar-refractivity contribution in [1.82, 2.24) is 4.90 Å². The van der Waals surface area contributed by atoms with Crippen molar-refractivity contribution in [2.45, 2.75) is 13.0 Å². The van der Waals surface area contributed by atoms with Crippen LogP contribution < -0.4 is 0 Å². The van der Waals surface area contributed by atoms with Crippen LogP contribution in [0.25, 0.3) is 0 Å². The molecule has 4 nitrogen and oxygen atoms in total. The number of carbonyl (C=O) groups is 1. The van der Waals surface area contributed by atoms with Gasteiger partial charge in [0.1, 0.15) is 5.82 Å². The molecule has 0 saturated carbocycles. The van der Waals surface area contributed by atoms with Gasteiger partial charge >= 0.3 is 5.97 Å². The normalized spacial score (nSPS) is 10.7. The minimum Gasteiger partial charge on any atom is -0.469 e. The second kappa shape index (κ2) is 8.61. The van der Waals surface area contributed by atoms with Gasteiger partial charge in [-0.3, -0.25) is 9.69 Å². The van der Waals surface area contributed by atoms with Crippen LogP contribution in [-0.4, -0.2) is 44.8 Å². The molecule has 0 unspecified atom stereocenters. The van der Waals surface area contributed by atoms with Crippen LogP contribution >= 0.6 is 0 Å². The standard InChI is InChI=1S/C14H20FNO3/c1-18-9-8-16(7-6-14(17)19-2)11-12-4-3-5-13(15)10-12/h3-5,10H,6-9,11H2,1-2H3. The zero-order valence-electron chi connectivity index (χ0n) is 11.4. The fourth-order valence-corrected chi connectivity index (χ4v) is 1.74. The van der Waals surface area contributed by atoms with Crippen LogP contribution in [0, 0.1) is 5.82 Å². The fraction of sp³-hybridized carbons (Fsp3) is 0.500. The third kappa shape index (κ3) is 6.31. The molecule has 0 aliphatic heterocycles. The Kier molecular flexibility index (Phi) is 7.07. The summed E-state index contributed by atoms with van der Waals surface area (Å²) in [6, 6.07) is 6.45. The molecule has 1 aromatic rings. The van der Waals surface area contributed by atoms with Crippen LogP contribution in [0.1, 0.15) is 12.0 Å². The maximum atomic E-state index is 13.1. The van der Waals surface area contributed by atoms with E-state index in [9.17, 15) is 9.18 Å². The van der Waals surface area contributed by atoms with Gasteiger partial charge in [-0.1, -0.05) is 12.1 Å². The van der Waals surface area contributed by atoms with E-state index in [-0.39, 0.29) is 11.8 Å². The number of benzene rings is 1. The third-order valence-electron chi connectivity index (χ3n) is 2.77. The molecule has 0 aromatic heterocycles. The van der Waals surface area contributed by atoms with E-state index in [0.717, 1.165) is 5.56 Å². The van der Waals surface area contributed by atoms with E-state index in [1.54, 1.807) is 13.2 Å². The molecule has 0 saturated heterocycles. The number of halogens is 1. The van der Waals surface area contributed by atoms with Gasteiger partial charge in [-0.2, -0.15) is 0 Å². The van der Waals surface area contributed by atoms with Gasteiger partial charge in [0.05, 0.1) is 20.1 Å². The van der Waals surface area contributed by atoms with Gasteiger partial charge < -0.3 is 9.47 Å². The zero-order chi connectivity index (χ0) is 14.1. The number of hydrogen-bond acceptors (Lipinski definition) is 4. The summed E-state index contributed by atoms with van der Waals surface area (Å²) in [7, 11) is 3.00. The van der Waals surface area contributed by atoms with Crippen LogP contribution in [0.3, 0.4) is 0 Å². The van der Waals surface area contributed by atoms with Gasteiger partial charge in [0.2, 0.25) is 0 Å². The number of rotatable bonds is 8. The molecule has 0 fully saturated rings. The molecule has 0 spiro atoms. The fourth-order valence-electron chi connectivity index (χ4n) is 1.74. The molecular weight excluding hydrogens is 249 g/mol. The van der Waals surface area contributed by atoms with E-state index >= 15 is 0 Å². The lowest BCUT2D eigenvalue weighted by atomic mass is 10.2. The topological polar surface area (TPSA) is 38.8 Å². The Morgan fingerprint density at radius 1 is 1.32 bits per heavy atom. The molecule has 0 aliphatic rings. The molecule has 0 bridgehead atoms. The van der Waals surface area contributed by atoms with E-state index in [1.165, 1.54) is 19.2 Å². The summed E-state index contributed by atoms with van der Waals surface area (Å²) >= 11 is 0. The maximum absolute atomic E-state index is 13.1. The van der Waals surface area contributed by atoms with Crippen molar-refractivity contribution in [1.29, 1.82) is 0 Å². The van der Waals surface area contributed by atoms with Crippen molar-refractivity contribution in [3.05, 3.63) is 35.6 Å². The Morgan fingerprint density at radius 2 is 2.11 bits per heavy atom. The van der Waals surface area contributed by atoms with Crippen LogP contribution in [0.2, 0.25) is 0 Å². The van der Waals surface area contributed by atoms with Crippen LogP contribution in [0.5, 0.6) is 0 Å². The van der Waals surface area contributed by atoms with Crippen LogP contribution in [0.15, 0.2) is 24.3 Å². The summed E-state index contributed by atoms with van der Waals surface area (Å²) in [5, 5.41) is 0. The second-order valence-electron chi connectivity index (χ2n) is 4.23. The lowest BCUT2D eigenvalue weighted by Gasteiger charge is -2.21. The van der Waals surface area contributed by atoms with Gasteiger partial charge in [0, 0.05) is 26.7 Å². The molecule has 0 aliphatic carbocycles. The SMILES string of the molecule is COCCN(CCC(=O)OC)Cc1cccc(F)c1. The quantitative estimate of drug-likeness (QED) is 0.675. The van der Waals surface area contributed by atoms with Crippen LogP contribution in [-0.2, 0) is 20.8 Å². The minimum absolute atomic E-state index is 0.248. The molecule has 5 heteroatoms. The van der Waals surface area contributed by atoms with Crippen molar-refractivity contribution in [2.24, 2.45) is 0 Å². The summed E-state index contributed by atoms with van der Waals surface area (Å²) in [5.74, 6) is -0.501. The molecule has 0 N–H and O–H groups in total. The van der Waals surface area contributed by atoms with Crippen molar-refractivity contribution >= 4 is 5.97 Å². The van der Waals surface area contributed by atoms with Crippen molar-refractivity contribution < 1.29 is 18.7 Å². The number of methoxy groups -OCH3 is 2. The Hall–Kier alpha value is -1.46. The van der Waals surface area contributed by atoms with Crippen molar-refractivity contribution in [2.75, 3.05) is 33.9 Å². The monoisotopic (exact) mass is 269 g/mol. The Morgan fingerprint density at radius 3 is 2.74 bits per heavy atom. The summed E-state index contributed by atoms with van der Waals surface area (Å²) in [5.41, 5.74) is 0.876. The number of carbonyl (C=O) groups excluding carboxylic acids is 1. The molecule has 0 heterocycles. The molecule has 0 amide bonds. The van der Waals surface area contributed by atoms with E-state index < -0.39 is 0 Å². The molecule has 106 valence electrons. The lowest BCUT2D eigenvalue weighted by molar-refractivity contribution is -0.141. The van der Waals surface area contributed by atoms with Gasteiger partial charge in [0.15, 0.2) is 0 Å². The predicted octanol–water partition coefficient (Wildman–Crippen LogP) is 1.84. The molecular formula is C14H20FNO3. The molecule has 0 atom stereocenters. The first kappa shape index (κ1) is 15.6. The van der Waals surface area contributed by atoms with Gasteiger partial charge in [-0.25, -0.2) is 4.39 Å². The highest BCUT2D eigenvalue weighted by Crippen LogP contribution is 2.08. The Balaban J connectivity index is 2.55. The molecule has 19 heavy (non-hydrogen) atoms. The smallest absolute Gasteiger partial charge is 0.306 e. The number of esters is 1. The zero-order valence-corrected chi connectivity index (χ0v) is 11.4. The predicted molar refractivity (Wildman–Crippen MR) is 70.2 cm³/mol. The number of hydrogen-bond donors (Lipinski definition) is 0. The third-order valence-corrected chi connectivity index (χ3v) is 2.77. The number of ether oxygens (including phenoxy) is 2.